The highest BCUT2D eigenvalue weighted by Gasteiger charge is 2.46. The predicted octanol–water partition coefficient (Wildman–Crippen LogP) is -5.40. The van der Waals surface area contributed by atoms with Gasteiger partial charge in [-0.15, -0.1) is 0 Å². The molecule has 0 aliphatic carbocycles. The molecule has 0 bridgehead atoms. The first-order valence-corrected chi connectivity index (χ1v) is 7.07. The van der Waals surface area contributed by atoms with Crippen LogP contribution in [0, 0.1) is 0 Å². The molecule has 8 N–H and O–H groups in total. The van der Waals surface area contributed by atoms with Crippen LogP contribution in [0.1, 0.15) is 0 Å². The van der Waals surface area contributed by atoms with Gasteiger partial charge in [-0.2, -0.15) is 0 Å². The van der Waals surface area contributed by atoms with Gasteiger partial charge in [0.05, 0.1) is 13.2 Å². The molecule has 2 heterocycles. The molecule has 0 aromatic heterocycles. The van der Waals surface area contributed by atoms with Crippen molar-refractivity contribution < 1.29 is 55.1 Å². The zero-order chi connectivity index (χ0) is 17.3. The van der Waals surface area contributed by atoms with Crippen molar-refractivity contribution >= 4 is 0 Å². The fourth-order valence-electron chi connectivity index (χ4n) is 2.46. The van der Waals surface area contributed by atoms with E-state index in [1.165, 1.54) is 0 Å². The Labute approximate surface area is 130 Å². The van der Waals surface area contributed by atoms with Gasteiger partial charge in [-0.1, -0.05) is 0 Å². The van der Waals surface area contributed by atoms with E-state index >= 15 is 0 Å². The van der Waals surface area contributed by atoms with Crippen LogP contribution in [0.25, 0.3) is 0 Å². The van der Waals surface area contributed by atoms with Crippen LogP contribution in [0.3, 0.4) is 0 Å². The van der Waals surface area contributed by atoms with Crippen molar-refractivity contribution in [1.82, 2.24) is 0 Å². The first-order chi connectivity index (χ1) is 10.8. The van der Waals surface area contributed by atoms with E-state index in [9.17, 15) is 35.7 Å². The van der Waals surface area contributed by atoms with Gasteiger partial charge < -0.3 is 55.1 Å². The first-order valence-electron chi connectivity index (χ1n) is 7.07. The SMILES string of the molecule is OC[C@H]1O[C@@H](OC[C@H]2O[C@@H](O)[C@H](O)[C@H](O)[C@@H]2O)[C@H](O)[C@H](O)[C@H]1O. The minimum absolute atomic E-state index is 0.468. The summed E-state index contributed by atoms with van der Waals surface area (Å²) in [7, 11) is 0. The van der Waals surface area contributed by atoms with Gasteiger partial charge in [-0.3, -0.25) is 0 Å². The lowest BCUT2D eigenvalue weighted by Gasteiger charge is -2.41. The minimum atomic E-state index is -1.74. The first kappa shape index (κ1) is 18.9. The van der Waals surface area contributed by atoms with Crippen LogP contribution in [0.5, 0.6) is 0 Å². The number of aliphatic hydroxyl groups excluding tert-OH is 8. The largest absolute Gasteiger partial charge is 0.394 e. The third-order valence-corrected chi connectivity index (χ3v) is 3.96. The summed E-state index contributed by atoms with van der Waals surface area (Å²) in [6.07, 6.45) is -15.3. The van der Waals surface area contributed by atoms with Crippen molar-refractivity contribution in [3.8, 4) is 0 Å². The molecule has 2 fully saturated rings. The fraction of sp³-hybridized carbons (Fsp3) is 1.00. The highest BCUT2D eigenvalue weighted by molar-refractivity contribution is 4.91. The molecule has 11 heteroatoms. The molecule has 0 spiro atoms. The smallest absolute Gasteiger partial charge is 0.186 e. The van der Waals surface area contributed by atoms with Crippen LogP contribution >= 0.6 is 0 Å². The normalized spacial score (nSPS) is 51.7. The molecule has 10 atom stereocenters. The van der Waals surface area contributed by atoms with E-state index in [1.54, 1.807) is 0 Å². The number of hydrogen-bond acceptors (Lipinski definition) is 11. The van der Waals surface area contributed by atoms with E-state index in [2.05, 4.69) is 0 Å². The number of ether oxygens (including phenoxy) is 3. The molecule has 0 radical (unpaired) electrons. The predicted molar refractivity (Wildman–Crippen MR) is 68.6 cm³/mol. The Bertz CT molecular complexity index is 380. The van der Waals surface area contributed by atoms with Crippen LogP contribution < -0.4 is 0 Å². The lowest BCUT2D eigenvalue weighted by molar-refractivity contribution is -0.325. The van der Waals surface area contributed by atoms with Crippen LogP contribution in [0.4, 0.5) is 0 Å². The number of rotatable bonds is 4. The van der Waals surface area contributed by atoms with Crippen LogP contribution in [-0.4, -0.2) is 115 Å². The zero-order valence-electron chi connectivity index (χ0n) is 12.0. The van der Waals surface area contributed by atoms with Crippen molar-refractivity contribution in [3.63, 3.8) is 0 Å². The highest BCUT2D eigenvalue weighted by Crippen LogP contribution is 2.24. The minimum Gasteiger partial charge on any atom is -0.394 e. The summed E-state index contributed by atoms with van der Waals surface area (Å²) in [5.74, 6) is 0. The Kier molecular flexibility index (Phi) is 6.27. The van der Waals surface area contributed by atoms with Crippen LogP contribution in [-0.2, 0) is 14.2 Å². The van der Waals surface area contributed by atoms with Crippen molar-refractivity contribution in [2.45, 2.75) is 61.4 Å². The quantitative estimate of drug-likeness (QED) is 0.243. The van der Waals surface area contributed by atoms with Gasteiger partial charge in [0.25, 0.3) is 0 Å². The lowest BCUT2D eigenvalue weighted by atomic mass is 9.98. The number of hydrogen-bond donors (Lipinski definition) is 8. The summed E-state index contributed by atoms with van der Waals surface area (Å²) < 4.78 is 15.1. The van der Waals surface area contributed by atoms with Gasteiger partial charge in [0, 0.05) is 0 Å². The summed E-state index contributed by atoms with van der Waals surface area (Å²) in [5.41, 5.74) is 0. The maximum Gasteiger partial charge on any atom is 0.186 e. The Morgan fingerprint density at radius 1 is 0.652 bits per heavy atom. The molecule has 0 aromatic carbocycles. The average Bonchev–Trinajstić information content (AvgIpc) is 2.54. The number of aliphatic hydroxyl groups is 8. The molecule has 0 aromatic rings. The Hall–Kier alpha value is -0.440. The molecule has 0 amide bonds. The molecule has 0 saturated carbocycles. The molecule has 2 aliphatic rings. The summed E-state index contributed by atoms with van der Waals surface area (Å²) in [6, 6.07) is 0. The molecule has 2 rings (SSSR count). The summed E-state index contributed by atoms with van der Waals surface area (Å²) in [6.45, 7) is -1.10. The third kappa shape index (κ3) is 3.81. The molecular formula is C12H22O11. The van der Waals surface area contributed by atoms with Crippen LogP contribution in [0.2, 0.25) is 0 Å². The molecule has 0 unspecified atom stereocenters. The molecule has 136 valence electrons. The average molecular weight is 342 g/mol. The summed E-state index contributed by atoms with van der Waals surface area (Å²) in [5, 5.41) is 76.1. The second kappa shape index (κ2) is 7.63. The van der Waals surface area contributed by atoms with E-state index in [4.69, 9.17) is 19.3 Å². The van der Waals surface area contributed by atoms with Gasteiger partial charge in [-0.05, 0) is 0 Å². The van der Waals surface area contributed by atoms with Gasteiger partial charge in [0.1, 0.15) is 48.8 Å². The molecule has 2 aliphatic heterocycles. The fourth-order valence-corrected chi connectivity index (χ4v) is 2.46. The maximum absolute atomic E-state index is 9.78. The van der Waals surface area contributed by atoms with Crippen molar-refractivity contribution in [2.75, 3.05) is 13.2 Å². The molecule has 2 saturated heterocycles. The maximum atomic E-state index is 9.78. The topological polar surface area (TPSA) is 190 Å². The third-order valence-electron chi connectivity index (χ3n) is 3.96. The standard InChI is InChI=1S/C12H22O11/c13-1-3-5(14)8(17)10(19)12(23-3)21-2-4-6(15)7(16)9(18)11(20)22-4/h3-20H,1-2H2/t3-,4-,5+,6-,7-,8-,9-,10-,11-,12-/m1/s1. The van der Waals surface area contributed by atoms with Crippen molar-refractivity contribution in [2.24, 2.45) is 0 Å². The Balaban J connectivity index is 1.94. The van der Waals surface area contributed by atoms with E-state index < -0.39 is 74.6 Å². The van der Waals surface area contributed by atoms with Crippen LogP contribution in [0.15, 0.2) is 0 Å². The van der Waals surface area contributed by atoms with Gasteiger partial charge in [0.15, 0.2) is 12.6 Å². The van der Waals surface area contributed by atoms with Gasteiger partial charge >= 0.3 is 0 Å². The molecule has 11 nitrogen and oxygen atoms in total. The molecule has 23 heavy (non-hydrogen) atoms. The highest BCUT2D eigenvalue weighted by atomic mass is 16.7. The lowest BCUT2D eigenvalue weighted by Crippen LogP contribution is -2.61. The van der Waals surface area contributed by atoms with Crippen molar-refractivity contribution in [3.05, 3.63) is 0 Å². The second-order valence-corrected chi connectivity index (χ2v) is 5.57. The van der Waals surface area contributed by atoms with E-state index in [1.807, 2.05) is 0 Å². The molecular weight excluding hydrogens is 320 g/mol. The van der Waals surface area contributed by atoms with Crippen molar-refractivity contribution in [1.29, 1.82) is 0 Å². The summed E-state index contributed by atoms with van der Waals surface area (Å²) in [4.78, 5) is 0. The Morgan fingerprint density at radius 2 is 1.22 bits per heavy atom. The van der Waals surface area contributed by atoms with E-state index in [0.29, 0.717) is 0 Å². The second-order valence-electron chi connectivity index (χ2n) is 5.57. The van der Waals surface area contributed by atoms with E-state index in [-0.39, 0.29) is 0 Å². The van der Waals surface area contributed by atoms with E-state index in [0.717, 1.165) is 0 Å². The Morgan fingerprint density at radius 3 is 1.83 bits per heavy atom. The zero-order valence-corrected chi connectivity index (χ0v) is 12.0. The monoisotopic (exact) mass is 342 g/mol. The van der Waals surface area contributed by atoms with Gasteiger partial charge in [0.2, 0.25) is 0 Å². The van der Waals surface area contributed by atoms with Gasteiger partial charge in [-0.25, -0.2) is 0 Å². The summed E-state index contributed by atoms with van der Waals surface area (Å²) >= 11 is 0.